The van der Waals surface area contributed by atoms with Gasteiger partial charge in [-0.15, -0.1) is 28.3 Å². The summed E-state index contributed by atoms with van der Waals surface area (Å²) in [5.74, 6) is -2.31. The Bertz CT molecular complexity index is 3110. The average molecular weight is 1060 g/mol. The predicted octanol–water partition coefficient (Wildman–Crippen LogP) is 9.15. The third-order valence-corrected chi connectivity index (χ3v) is 12.9. The van der Waals surface area contributed by atoms with E-state index < -0.39 is 48.0 Å². The average Bonchev–Trinajstić information content (AvgIpc) is 3.28. The summed E-state index contributed by atoms with van der Waals surface area (Å²) in [5, 5.41) is 70.1. The summed E-state index contributed by atoms with van der Waals surface area (Å²) in [4.78, 5) is 22.9. The highest BCUT2D eigenvalue weighted by molar-refractivity contribution is 7.95. The zero-order valence-electron chi connectivity index (χ0n) is 33.7. The van der Waals surface area contributed by atoms with Gasteiger partial charge in [0.2, 0.25) is 17.2 Å². The van der Waals surface area contributed by atoms with Crippen LogP contribution in [-0.4, -0.2) is 75.5 Å². The first kappa shape index (κ1) is 51.5. The number of nitrogens with one attached hydrogen (secondary N) is 2. The van der Waals surface area contributed by atoms with E-state index in [-0.39, 0.29) is 83.4 Å². The van der Waals surface area contributed by atoms with Gasteiger partial charge in [-0.05, 0) is 89.8 Å². The number of azo groups is 2. The van der Waals surface area contributed by atoms with Crippen LogP contribution in [0.25, 0.3) is 10.8 Å². The molecule has 0 bridgehead atoms. The standard InChI is InChI=1S/C35H29ClN10O17S5/c1-17(47)57-11-12-67(52,53)23-4-2-3-20(15-23)38-34-40-33(36)41-35(42-34)39-21-7-10-25(65-62-59-50)24(16-21)44-46-31-27(68(54,55)56)14-18-13-26(66-63-60-51)30(29(37)28(18)32(31)48)45-43-19-5-8-22(9-6-19)64-61-58-49/h2-10,13-16,48-51H,11-12,37H2,1H3,(H,54,55,56)(H2,38,39,40,41,42). The number of aromatic nitrogens is 3. The summed E-state index contributed by atoms with van der Waals surface area (Å²) >= 11 is 7.68. The lowest BCUT2D eigenvalue weighted by atomic mass is 10.1. The van der Waals surface area contributed by atoms with Gasteiger partial charge in [-0.2, -0.15) is 28.5 Å². The molecule has 1 aromatic heterocycles. The monoisotopic (exact) mass is 1060 g/mol. The van der Waals surface area contributed by atoms with Gasteiger partial charge >= 0.3 is 5.97 Å². The van der Waals surface area contributed by atoms with Crippen molar-refractivity contribution in [3.8, 4) is 5.75 Å². The van der Waals surface area contributed by atoms with Crippen LogP contribution < -0.4 is 16.4 Å². The topological polar surface area (TPSA) is 389 Å². The van der Waals surface area contributed by atoms with Gasteiger partial charge in [0, 0.05) is 23.2 Å². The Morgan fingerprint density at radius 1 is 0.765 bits per heavy atom. The van der Waals surface area contributed by atoms with Crippen LogP contribution in [0, 0.1) is 0 Å². The number of halogens is 1. The van der Waals surface area contributed by atoms with Gasteiger partial charge in [0.15, 0.2) is 15.6 Å². The molecule has 0 spiro atoms. The van der Waals surface area contributed by atoms with Crippen molar-refractivity contribution in [2.24, 2.45) is 20.5 Å². The third-order valence-electron chi connectivity index (χ3n) is 8.35. The van der Waals surface area contributed by atoms with Gasteiger partial charge < -0.3 is 26.2 Å². The largest absolute Gasteiger partial charge is 0.505 e. The number of nitrogens with two attached hydrogens (primary N) is 1. The van der Waals surface area contributed by atoms with Gasteiger partial charge in [0.1, 0.15) is 28.6 Å². The normalized spacial score (nSPS) is 12.0. The second kappa shape index (κ2) is 23.4. The Balaban J connectivity index is 1.35. The highest BCUT2D eigenvalue weighted by Crippen LogP contribution is 2.50. The second-order valence-electron chi connectivity index (χ2n) is 12.7. The number of phenolic OH excluding ortho intramolecular Hbond substituents is 1. The SMILES string of the molecule is CC(=O)OCCS(=O)(=O)c1cccc(Nc2nc(Cl)nc(Nc3ccc(SOOO)c(N=Nc4c(S(=O)(=O)O)cc5cc(SOOO)c(N=Nc6ccc(SOOO)cc6)c(N)c5c4O)c3)n2)c1. The molecule has 0 aliphatic heterocycles. The Morgan fingerprint density at radius 2 is 1.40 bits per heavy atom. The Hall–Kier alpha value is -5.92. The molecule has 0 saturated carbocycles. The molecule has 1 heterocycles. The molecule has 27 nitrogen and oxygen atoms in total. The van der Waals surface area contributed by atoms with Crippen LogP contribution in [0.1, 0.15) is 6.92 Å². The van der Waals surface area contributed by atoms with Crippen LogP contribution in [0.3, 0.4) is 0 Å². The van der Waals surface area contributed by atoms with Gasteiger partial charge in [-0.3, -0.25) is 9.35 Å². The zero-order valence-corrected chi connectivity index (χ0v) is 38.5. The first-order valence-electron chi connectivity index (χ1n) is 18.0. The highest BCUT2D eigenvalue weighted by Gasteiger charge is 2.26. The minimum absolute atomic E-state index is 0.0304. The molecule has 68 heavy (non-hydrogen) atoms. The molecule has 0 radical (unpaired) electrons. The fourth-order valence-electron chi connectivity index (χ4n) is 5.55. The van der Waals surface area contributed by atoms with Crippen molar-refractivity contribution < 1.29 is 79.9 Å². The Kier molecular flexibility index (Phi) is 17.7. The van der Waals surface area contributed by atoms with E-state index in [4.69, 9.17) is 37.8 Å². The van der Waals surface area contributed by atoms with Gasteiger partial charge in [0.25, 0.3) is 10.1 Å². The highest BCUT2D eigenvalue weighted by atomic mass is 35.5. The predicted molar refractivity (Wildman–Crippen MR) is 240 cm³/mol. The molecule has 0 unspecified atom stereocenters. The summed E-state index contributed by atoms with van der Waals surface area (Å²) in [6, 6.07) is 17.9. The van der Waals surface area contributed by atoms with Crippen molar-refractivity contribution in [3.63, 3.8) is 0 Å². The maximum absolute atomic E-state index is 12.8. The number of nitrogens with zero attached hydrogens (tertiary/aromatic N) is 7. The molecule has 0 fully saturated rings. The molecule has 33 heteroatoms. The Morgan fingerprint density at radius 3 is 2.04 bits per heavy atom. The molecule has 0 amide bonds. The number of esters is 1. The van der Waals surface area contributed by atoms with Gasteiger partial charge in [0.05, 0.1) is 73.3 Å². The van der Waals surface area contributed by atoms with E-state index in [9.17, 15) is 31.3 Å². The lowest BCUT2D eigenvalue weighted by Crippen LogP contribution is -2.14. The van der Waals surface area contributed by atoms with E-state index >= 15 is 0 Å². The quantitative estimate of drug-likeness (QED) is 0.00597. The molecular formula is C35H29ClN10O17S5. The molecule has 9 N–H and O–H groups in total. The smallest absolute Gasteiger partial charge is 0.302 e. The summed E-state index contributed by atoms with van der Waals surface area (Å²) in [6.07, 6.45) is 0. The summed E-state index contributed by atoms with van der Waals surface area (Å²) in [7, 11) is -9.06. The van der Waals surface area contributed by atoms with E-state index in [0.29, 0.717) is 41.0 Å². The number of hydrogen-bond donors (Lipinski definition) is 8. The molecule has 0 aliphatic carbocycles. The minimum atomic E-state index is -5.19. The lowest BCUT2D eigenvalue weighted by Gasteiger charge is -2.14. The van der Waals surface area contributed by atoms with Crippen molar-refractivity contribution >= 4 is 136 Å². The van der Waals surface area contributed by atoms with Crippen molar-refractivity contribution in [2.75, 3.05) is 28.7 Å². The Labute approximate surface area is 399 Å². The van der Waals surface area contributed by atoms with Crippen molar-refractivity contribution in [1.82, 2.24) is 15.0 Å². The number of sulfone groups is 1. The van der Waals surface area contributed by atoms with Crippen LogP contribution in [0.4, 0.5) is 51.7 Å². The first-order valence-corrected chi connectivity index (χ1v) is 23.7. The summed E-state index contributed by atoms with van der Waals surface area (Å²) < 4.78 is 79.8. The fourth-order valence-corrected chi connectivity index (χ4v) is 8.78. The van der Waals surface area contributed by atoms with Crippen molar-refractivity contribution in [1.29, 1.82) is 0 Å². The number of rotatable bonds is 22. The lowest BCUT2D eigenvalue weighted by molar-refractivity contribution is -0.432. The van der Waals surface area contributed by atoms with Crippen molar-refractivity contribution in [3.05, 3.63) is 84.1 Å². The maximum atomic E-state index is 12.8. The molecule has 0 aliphatic rings. The summed E-state index contributed by atoms with van der Waals surface area (Å²) in [5.41, 5.74) is 5.67. The number of carbonyl (C=O) groups excluding carboxylic acids is 1. The molecule has 6 rings (SSSR count). The number of nitrogen functional groups attached to an aromatic ring is 1. The summed E-state index contributed by atoms with van der Waals surface area (Å²) in [6.45, 7) is 0.808. The zero-order chi connectivity index (χ0) is 49.0. The fraction of sp³-hybridized carbons (Fsp3) is 0.0857. The number of benzene rings is 5. The number of ether oxygens (including phenoxy) is 1. The maximum Gasteiger partial charge on any atom is 0.302 e. The minimum Gasteiger partial charge on any atom is -0.505 e. The van der Waals surface area contributed by atoms with Gasteiger partial charge in [-0.1, -0.05) is 21.2 Å². The number of anilines is 5. The number of fused-ring (bicyclic) bond motifs is 1. The third kappa shape index (κ3) is 13.6. The van der Waals surface area contributed by atoms with Crippen LogP contribution >= 0.6 is 47.7 Å². The second-order valence-corrected chi connectivity index (χ2v) is 18.8. The van der Waals surface area contributed by atoms with Crippen LogP contribution in [-0.2, 0) is 57.6 Å². The van der Waals surface area contributed by atoms with E-state index in [1.807, 2.05) is 0 Å². The molecule has 358 valence electrons. The van der Waals surface area contributed by atoms with E-state index in [0.717, 1.165) is 13.0 Å². The van der Waals surface area contributed by atoms with E-state index in [1.54, 1.807) is 0 Å². The molecule has 0 atom stereocenters. The molecular weight excluding hydrogens is 1030 g/mol. The van der Waals surface area contributed by atoms with E-state index in [2.05, 4.69) is 74.2 Å². The van der Waals surface area contributed by atoms with Crippen LogP contribution in [0.2, 0.25) is 5.28 Å². The van der Waals surface area contributed by atoms with Crippen LogP contribution in [0.5, 0.6) is 5.75 Å². The number of hydrogen-bond acceptors (Lipinski definition) is 29. The number of carbonyl (C=O) groups is 1. The molecule has 0 saturated heterocycles. The van der Waals surface area contributed by atoms with Gasteiger partial charge in [-0.25, -0.2) is 24.2 Å². The van der Waals surface area contributed by atoms with Crippen LogP contribution in [0.15, 0.2) is 124 Å². The number of aromatic hydroxyl groups is 1. The first-order chi connectivity index (χ1) is 32.5. The molecule has 6 aromatic rings. The van der Waals surface area contributed by atoms with E-state index in [1.165, 1.54) is 72.8 Å². The molecule has 5 aromatic carbocycles. The number of phenols is 1. The van der Waals surface area contributed by atoms with Crippen molar-refractivity contribution in [2.45, 2.75) is 31.4 Å².